The maximum atomic E-state index is 11.7. The number of hydrogen-bond donors (Lipinski definition) is 0. The lowest BCUT2D eigenvalue weighted by atomic mass is 10.7. The molecule has 0 aliphatic carbocycles. The summed E-state index contributed by atoms with van der Waals surface area (Å²) >= 11 is 0. The van der Waals surface area contributed by atoms with Crippen molar-refractivity contribution in [3.63, 3.8) is 0 Å². The number of halogens is 6. The second-order valence-electron chi connectivity index (χ2n) is 2.42. The molecule has 0 unspecified atom stereocenters. The molecule has 0 bridgehead atoms. The summed E-state index contributed by atoms with van der Waals surface area (Å²) in [7, 11) is -2.63. The predicted octanol–water partition coefficient (Wildman–Crippen LogP) is 3.41. The molecule has 0 heterocycles. The van der Waals surface area contributed by atoms with Crippen molar-refractivity contribution in [1.82, 2.24) is 0 Å². The molecule has 0 spiro atoms. The van der Waals surface area contributed by atoms with Gasteiger partial charge >= 0.3 is 21.0 Å². The number of hydrogen-bond acceptors (Lipinski definition) is 3. The molecule has 98 valence electrons. The minimum atomic E-state index is -4.64. The van der Waals surface area contributed by atoms with Crippen molar-refractivity contribution in [1.29, 1.82) is 0 Å². The Hall–Kier alpha value is -0.110. The zero-order valence-corrected chi connectivity index (χ0v) is 8.96. The lowest BCUT2D eigenvalue weighted by Crippen LogP contribution is -2.19. The Morgan fingerprint density at radius 3 is 1.44 bits per heavy atom. The molecular formula is C6H9F6O3P. The second-order valence-corrected chi connectivity index (χ2v) is 3.64. The third kappa shape index (κ3) is 10.4. The first-order valence-corrected chi connectivity index (χ1v) is 5.06. The van der Waals surface area contributed by atoms with Gasteiger partial charge in [-0.15, -0.1) is 0 Å². The van der Waals surface area contributed by atoms with Crippen LogP contribution in [0.15, 0.2) is 0 Å². The highest BCUT2D eigenvalue weighted by molar-refractivity contribution is 7.41. The van der Waals surface area contributed by atoms with Crippen molar-refractivity contribution in [2.24, 2.45) is 0 Å². The Labute approximate surface area is 88.7 Å². The normalized spacial score (nSPS) is 13.5. The van der Waals surface area contributed by atoms with E-state index in [4.69, 9.17) is 0 Å². The second kappa shape index (κ2) is 6.58. The lowest BCUT2D eigenvalue weighted by Gasteiger charge is -2.17. The lowest BCUT2D eigenvalue weighted by molar-refractivity contribution is -0.166. The summed E-state index contributed by atoms with van der Waals surface area (Å²) in [6.45, 7) is -2.14. The van der Waals surface area contributed by atoms with Crippen LogP contribution in [0.3, 0.4) is 0 Å². The molecule has 0 atom stereocenters. The van der Waals surface area contributed by atoms with Crippen molar-refractivity contribution in [2.45, 2.75) is 19.3 Å². The Bertz CT molecular complexity index is 176. The van der Waals surface area contributed by atoms with Crippen LogP contribution in [0.4, 0.5) is 26.3 Å². The molecule has 3 nitrogen and oxygen atoms in total. The van der Waals surface area contributed by atoms with E-state index in [0.717, 1.165) is 0 Å². The fraction of sp³-hybridized carbons (Fsp3) is 1.00. The minimum Gasteiger partial charge on any atom is -0.313 e. The van der Waals surface area contributed by atoms with Crippen LogP contribution in [-0.4, -0.2) is 32.2 Å². The van der Waals surface area contributed by atoms with Gasteiger partial charge < -0.3 is 13.6 Å². The van der Waals surface area contributed by atoms with E-state index in [1.54, 1.807) is 0 Å². The first-order chi connectivity index (χ1) is 7.14. The van der Waals surface area contributed by atoms with E-state index >= 15 is 0 Å². The van der Waals surface area contributed by atoms with E-state index in [0.29, 0.717) is 0 Å². The van der Waals surface area contributed by atoms with Gasteiger partial charge in [0.15, 0.2) is 13.2 Å². The average molecular weight is 274 g/mol. The number of alkyl halides is 6. The van der Waals surface area contributed by atoms with Crippen LogP contribution in [0, 0.1) is 0 Å². The van der Waals surface area contributed by atoms with Gasteiger partial charge in [0, 0.05) is 0 Å². The smallest absolute Gasteiger partial charge is 0.313 e. The monoisotopic (exact) mass is 274 g/mol. The minimum absolute atomic E-state index is 0.110. The Balaban J connectivity index is 3.98. The van der Waals surface area contributed by atoms with Crippen LogP contribution in [-0.2, 0) is 13.6 Å². The van der Waals surface area contributed by atoms with E-state index in [-0.39, 0.29) is 6.61 Å². The summed E-state index contributed by atoms with van der Waals surface area (Å²) in [6, 6.07) is 0. The van der Waals surface area contributed by atoms with Crippen LogP contribution in [0.1, 0.15) is 6.92 Å². The molecule has 0 aliphatic rings. The van der Waals surface area contributed by atoms with Gasteiger partial charge in [0.25, 0.3) is 0 Å². The first kappa shape index (κ1) is 15.9. The molecule has 0 fully saturated rings. The molecule has 0 aliphatic heterocycles. The third-order valence-electron chi connectivity index (χ3n) is 0.902. The molecule has 0 rings (SSSR count). The molecular weight excluding hydrogens is 265 g/mol. The molecule has 0 saturated carbocycles. The molecule has 0 amide bonds. The maximum absolute atomic E-state index is 11.7. The standard InChI is InChI=1S/C6H9F6O3P/c1-2-13-16(14-3-5(7,8)9)15-4-6(10,11)12/h2-4H2,1H3. The fourth-order valence-electron chi connectivity index (χ4n) is 0.469. The summed E-state index contributed by atoms with van der Waals surface area (Å²) in [4.78, 5) is 0. The summed E-state index contributed by atoms with van der Waals surface area (Å²) in [5.74, 6) is 0. The van der Waals surface area contributed by atoms with E-state index in [2.05, 4.69) is 13.6 Å². The molecule has 0 aromatic heterocycles. The zero-order valence-electron chi connectivity index (χ0n) is 8.06. The van der Waals surface area contributed by atoms with Gasteiger partial charge in [-0.1, -0.05) is 0 Å². The van der Waals surface area contributed by atoms with Gasteiger partial charge in [0.05, 0.1) is 6.61 Å². The van der Waals surface area contributed by atoms with Gasteiger partial charge in [0.1, 0.15) is 0 Å². The van der Waals surface area contributed by atoms with Crippen molar-refractivity contribution in [3.05, 3.63) is 0 Å². The van der Waals surface area contributed by atoms with Gasteiger partial charge in [-0.3, -0.25) is 0 Å². The summed E-state index contributed by atoms with van der Waals surface area (Å²) < 4.78 is 82.6. The molecule has 16 heavy (non-hydrogen) atoms. The highest BCUT2D eigenvalue weighted by Gasteiger charge is 2.33. The SMILES string of the molecule is CCOP(OCC(F)(F)F)OCC(F)(F)F. The van der Waals surface area contributed by atoms with Crippen LogP contribution < -0.4 is 0 Å². The van der Waals surface area contributed by atoms with E-state index < -0.39 is 34.2 Å². The highest BCUT2D eigenvalue weighted by atomic mass is 31.2. The molecule has 10 heteroatoms. The summed E-state index contributed by atoms with van der Waals surface area (Å²) in [6.07, 6.45) is -9.28. The predicted molar refractivity (Wildman–Crippen MR) is 42.6 cm³/mol. The highest BCUT2D eigenvalue weighted by Crippen LogP contribution is 2.42. The van der Waals surface area contributed by atoms with Crippen LogP contribution in [0.5, 0.6) is 0 Å². The summed E-state index contributed by atoms with van der Waals surface area (Å²) in [5.41, 5.74) is 0. The van der Waals surface area contributed by atoms with Gasteiger partial charge in [-0.25, -0.2) is 0 Å². The van der Waals surface area contributed by atoms with E-state index in [9.17, 15) is 26.3 Å². The van der Waals surface area contributed by atoms with Gasteiger partial charge in [0.2, 0.25) is 0 Å². The van der Waals surface area contributed by atoms with Gasteiger partial charge in [-0.2, -0.15) is 26.3 Å². The molecule has 0 radical (unpaired) electrons. The van der Waals surface area contributed by atoms with Crippen molar-refractivity contribution < 1.29 is 39.9 Å². The van der Waals surface area contributed by atoms with Gasteiger partial charge in [-0.05, 0) is 6.92 Å². The van der Waals surface area contributed by atoms with Crippen molar-refractivity contribution in [3.8, 4) is 0 Å². The Morgan fingerprint density at radius 1 is 0.812 bits per heavy atom. The van der Waals surface area contributed by atoms with Crippen LogP contribution in [0.2, 0.25) is 0 Å². The zero-order chi connectivity index (χ0) is 12.8. The molecule has 0 aromatic rings. The Kier molecular flexibility index (Phi) is 6.54. The topological polar surface area (TPSA) is 27.7 Å². The molecule has 0 N–H and O–H groups in total. The average Bonchev–Trinajstić information content (AvgIpc) is 2.07. The quantitative estimate of drug-likeness (QED) is 0.548. The largest absolute Gasteiger partial charge is 0.412 e. The van der Waals surface area contributed by atoms with Crippen LogP contribution in [0.25, 0.3) is 0 Å². The third-order valence-corrected chi connectivity index (χ3v) is 2.05. The maximum Gasteiger partial charge on any atom is 0.412 e. The summed E-state index contributed by atoms with van der Waals surface area (Å²) in [5, 5.41) is 0. The fourth-order valence-corrected chi connectivity index (χ4v) is 1.41. The van der Waals surface area contributed by atoms with Crippen molar-refractivity contribution in [2.75, 3.05) is 19.8 Å². The van der Waals surface area contributed by atoms with E-state index in [1.807, 2.05) is 0 Å². The van der Waals surface area contributed by atoms with Crippen LogP contribution >= 0.6 is 8.60 Å². The van der Waals surface area contributed by atoms with E-state index in [1.165, 1.54) is 6.92 Å². The Morgan fingerprint density at radius 2 is 1.19 bits per heavy atom. The first-order valence-electron chi connectivity index (χ1n) is 3.96. The van der Waals surface area contributed by atoms with Crippen molar-refractivity contribution >= 4 is 8.60 Å². The number of rotatable bonds is 6. The molecule has 0 aromatic carbocycles. The molecule has 0 saturated heterocycles.